The lowest BCUT2D eigenvalue weighted by molar-refractivity contribution is -0.168. The standard InChI is InChI=1S/C60H84O6/c1-3-5-7-9-11-13-15-17-19-21-23-25-27-29-40-48-57(61)65-56-50-63-55(59(56)66-58(62)49-41-30-28-26-24-22-20-18-16-14-12-10-8-6-4-2)51-64-60(52-42-34-31-35-43-52,53-44-36-32-37-45-53)54-46-38-33-39-47-54/h11-14,17-20,31-39,42-47,55-56,59H,3-10,15-16,21-30,40-41,48-51H2,1-2H3/b13-11-,14-12-,19-17-,20-18-/t55-,56?,59+/m1/s1. The first-order valence-electron chi connectivity index (χ1n) is 26.0. The third-order valence-electron chi connectivity index (χ3n) is 12.4. The second kappa shape index (κ2) is 34.7. The number of carbonyl (C=O) groups is 2. The van der Waals surface area contributed by atoms with Crippen molar-refractivity contribution >= 4 is 11.9 Å². The summed E-state index contributed by atoms with van der Waals surface area (Å²) in [4.78, 5) is 26.8. The average Bonchev–Trinajstić information content (AvgIpc) is 3.72. The molecule has 1 aliphatic rings. The molecule has 0 aliphatic carbocycles. The van der Waals surface area contributed by atoms with Gasteiger partial charge >= 0.3 is 11.9 Å². The normalized spacial score (nSPS) is 16.6. The van der Waals surface area contributed by atoms with Crippen LogP contribution in [0.1, 0.15) is 185 Å². The zero-order valence-corrected chi connectivity index (χ0v) is 40.8. The molecule has 1 aliphatic heterocycles. The molecule has 66 heavy (non-hydrogen) atoms. The molecule has 1 fully saturated rings. The van der Waals surface area contributed by atoms with E-state index in [-0.39, 0.29) is 25.2 Å². The Morgan fingerprint density at radius 2 is 0.879 bits per heavy atom. The Morgan fingerprint density at radius 1 is 0.500 bits per heavy atom. The highest BCUT2D eigenvalue weighted by Gasteiger charge is 2.46. The van der Waals surface area contributed by atoms with Crippen molar-refractivity contribution in [3.63, 3.8) is 0 Å². The number of hydrogen-bond acceptors (Lipinski definition) is 6. The number of benzene rings is 3. The molecule has 1 saturated heterocycles. The van der Waals surface area contributed by atoms with Crippen LogP contribution < -0.4 is 0 Å². The highest BCUT2D eigenvalue weighted by molar-refractivity contribution is 5.70. The number of carbonyl (C=O) groups excluding carboxylic acids is 2. The first-order valence-corrected chi connectivity index (χ1v) is 26.0. The van der Waals surface area contributed by atoms with Crippen molar-refractivity contribution < 1.29 is 28.5 Å². The Balaban J connectivity index is 1.30. The lowest BCUT2D eigenvalue weighted by Crippen LogP contribution is -2.42. The number of rotatable bonds is 36. The summed E-state index contributed by atoms with van der Waals surface area (Å²) in [6.07, 6.45) is 41.3. The summed E-state index contributed by atoms with van der Waals surface area (Å²) in [6.45, 7) is 4.73. The quantitative estimate of drug-likeness (QED) is 0.0251. The molecule has 0 spiro atoms. The average molecular weight is 901 g/mol. The molecule has 1 heterocycles. The fourth-order valence-corrected chi connectivity index (χ4v) is 8.62. The van der Waals surface area contributed by atoms with Crippen LogP contribution in [-0.4, -0.2) is 43.5 Å². The summed E-state index contributed by atoms with van der Waals surface area (Å²) in [5.41, 5.74) is 1.93. The van der Waals surface area contributed by atoms with Crippen LogP contribution in [0.5, 0.6) is 0 Å². The third-order valence-corrected chi connectivity index (χ3v) is 12.4. The first kappa shape index (κ1) is 54.1. The topological polar surface area (TPSA) is 71.1 Å². The van der Waals surface area contributed by atoms with Gasteiger partial charge in [0.05, 0.1) is 13.2 Å². The van der Waals surface area contributed by atoms with Crippen molar-refractivity contribution in [1.29, 1.82) is 0 Å². The molecule has 0 saturated carbocycles. The minimum Gasteiger partial charge on any atom is -0.456 e. The number of hydrogen-bond donors (Lipinski definition) is 0. The highest BCUT2D eigenvalue weighted by Crippen LogP contribution is 2.41. The van der Waals surface area contributed by atoms with Crippen LogP contribution in [0.25, 0.3) is 0 Å². The van der Waals surface area contributed by atoms with Crippen LogP contribution in [0.2, 0.25) is 0 Å². The van der Waals surface area contributed by atoms with E-state index in [4.69, 9.17) is 18.9 Å². The maximum atomic E-state index is 13.5. The SMILES string of the molecule is CCCCC/C=C\C/C=C\CCCCCCCC(=O)OC1CO[C@H](COC(c2ccccc2)(c2ccccc2)c2ccccc2)[C@@H]1OC(=O)CCCCCCC/C=C\C/C=C\CCCCC. The monoisotopic (exact) mass is 901 g/mol. The lowest BCUT2D eigenvalue weighted by atomic mass is 9.80. The van der Waals surface area contributed by atoms with Crippen molar-refractivity contribution in [3.8, 4) is 0 Å². The molecule has 3 atom stereocenters. The summed E-state index contributed by atoms with van der Waals surface area (Å²) >= 11 is 0. The van der Waals surface area contributed by atoms with E-state index >= 15 is 0 Å². The van der Waals surface area contributed by atoms with Crippen molar-refractivity contribution in [2.75, 3.05) is 13.2 Å². The van der Waals surface area contributed by atoms with E-state index in [0.717, 1.165) is 107 Å². The van der Waals surface area contributed by atoms with Crippen LogP contribution in [0.15, 0.2) is 140 Å². The summed E-state index contributed by atoms with van der Waals surface area (Å²) in [6, 6.07) is 30.6. The Labute approximate surface area is 400 Å². The van der Waals surface area contributed by atoms with Crippen LogP contribution in [0.4, 0.5) is 0 Å². The lowest BCUT2D eigenvalue weighted by Gasteiger charge is -2.37. The molecule has 0 radical (unpaired) electrons. The maximum Gasteiger partial charge on any atom is 0.306 e. The van der Waals surface area contributed by atoms with Gasteiger partial charge in [-0.1, -0.05) is 218 Å². The van der Waals surface area contributed by atoms with Gasteiger partial charge in [-0.05, 0) is 93.7 Å². The third kappa shape index (κ3) is 21.0. The molecule has 0 amide bonds. The van der Waals surface area contributed by atoms with E-state index in [2.05, 4.69) is 98.9 Å². The van der Waals surface area contributed by atoms with Crippen molar-refractivity contribution in [2.45, 2.75) is 192 Å². The first-order chi connectivity index (χ1) is 32.6. The molecule has 6 heteroatoms. The fraction of sp³-hybridized carbons (Fsp3) is 0.533. The van der Waals surface area contributed by atoms with Crippen LogP contribution in [0, 0.1) is 0 Å². The van der Waals surface area contributed by atoms with Gasteiger partial charge in [-0.3, -0.25) is 9.59 Å². The fourth-order valence-electron chi connectivity index (χ4n) is 8.62. The Kier molecular flexibility index (Phi) is 28.5. The van der Waals surface area contributed by atoms with Gasteiger partial charge in [-0.2, -0.15) is 0 Å². The highest BCUT2D eigenvalue weighted by atomic mass is 16.6. The molecular weight excluding hydrogens is 817 g/mol. The van der Waals surface area contributed by atoms with Gasteiger partial charge in [0, 0.05) is 12.8 Å². The number of unbranched alkanes of at least 4 members (excludes halogenated alkanes) is 16. The van der Waals surface area contributed by atoms with E-state index in [0.29, 0.717) is 12.8 Å². The maximum absolute atomic E-state index is 13.5. The summed E-state index contributed by atoms with van der Waals surface area (Å²) in [7, 11) is 0. The molecule has 3 aromatic carbocycles. The van der Waals surface area contributed by atoms with Gasteiger partial charge in [0.15, 0.2) is 12.2 Å². The smallest absolute Gasteiger partial charge is 0.306 e. The zero-order chi connectivity index (χ0) is 46.6. The van der Waals surface area contributed by atoms with E-state index in [1.165, 1.54) is 51.4 Å². The minimum absolute atomic E-state index is 0.110. The molecule has 1 unspecified atom stereocenters. The number of ether oxygens (including phenoxy) is 4. The van der Waals surface area contributed by atoms with Gasteiger partial charge < -0.3 is 18.9 Å². The molecule has 0 bridgehead atoms. The molecule has 360 valence electrons. The largest absolute Gasteiger partial charge is 0.456 e. The van der Waals surface area contributed by atoms with Gasteiger partial charge in [-0.25, -0.2) is 0 Å². The second-order valence-corrected chi connectivity index (χ2v) is 17.9. The summed E-state index contributed by atoms with van der Waals surface area (Å²) in [5.74, 6) is -0.575. The van der Waals surface area contributed by atoms with Gasteiger partial charge in [0.25, 0.3) is 0 Å². The van der Waals surface area contributed by atoms with Crippen molar-refractivity contribution in [3.05, 3.63) is 156 Å². The van der Waals surface area contributed by atoms with Crippen molar-refractivity contribution in [1.82, 2.24) is 0 Å². The van der Waals surface area contributed by atoms with Crippen LogP contribution in [-0.2, 0) is 34.1 Å². The summed E-state index contributed by atoms with van der Waals surface area (Å²) < 4.78 is 25.8. The predicted molar refractivity (Wildman–Crippen MR) is 273 cm³/mol. The van der Waals surface area contributed by atoms with Crippen molar-refractivity contribution in [2.24, 2.45) is 0 Å². The Bertz CT molecular complexity index is 1700. The molecule has 3 aromatic rings. The minimum atomic E-state index is -0.974. The van der Waals surface area contributed by atoms with Gasteiger partial charge in [0.2, 0.25) is 0 Å². The number of allylic oxidation sites excluding steroid dienone is 8. The molecule has 0 N–H and O–H groups in total. The Hall–Kier alpha value is -4.52. The zero-order valence-electron chi connectivity index (χ0n) is 40.8. The van der Waals surface area contributed by atoms with E-state index in [1.807, 2.05) is 54.6 Å². The van der Waals surface area contributed by atoms with E-state index in [9.17, 15) is 9.59 Å². The van der Waals surface area contributed by atoms with Gasteiger partial charge in [-0.15, -0.1) is 0 Å². The molecule has 0 aromatic heterocycles. The molecule has 4 rings (SSSR count). The summed E-state index contributed by atoms with van der Waals surface area (Å²) in [5, 5.41) is 0. The van der Waals surface area contributed by atoms with Gasteiger partial charge in [0.1, 0.15) is 11.7 Å². The van der Waals surface area contributed by atoms with Crippen LogP contribution in [0.3, 0.4) is 0 Å². The van der Waals surface area contributed by atoms with E-state index in [1.54, 1.807) is 0 Å². The second-order valence-electron chi connectivity index (χ2n) is 17.9. The Morgan fingerprint density at radius 3 is 1.30 bits per heavy atom. The van der Waals surface area contributed by atoms with Crippen LogP contribution >= 0.6 is 0 Å². The molecular formula is C60H84O6. The number of esters is 2. The predicted octanol–water partition coefficient (Wildman–Crippen LogP) is 15.8. The van der Waals surface area contributed by atoms with E-state index < -0.39 is 23.9 Å². The molecule has 6 nitrogen and oxygen atoms in total.